The third-order valence-corrected chi connectivity index (χ3v) is 2.76. The van der Waals surface area contributed by atoms with Crippen molar-refractivity contribution in [1.29, 1.82) is 0 Å². The third kappa shape index (κ3) is 1.87. The molecule has 18 heavy (non-hydrogen) atoms. The molecule has 0 aliphatic heterocycles. The van der Waals surface area contributed by atoms with Crippen LogP contribution < -0.4 is 0 Å². The molecule has 4 heteroatoms. The van der Waals surface area contributed by atoms with Crippen LogP contribution in [-0.4, -0.2) is 15.1 Å². The van der Waals surface area contributed by atoms with Gasteiger partial charge in [-0.2, -0.15) is 0 Å². The average Bonchev–Trinajstić information content (AvgIpc) is 2.82. The first-order chi connectivity index (χ1) is 8.74. The number of benzene rings is 1. The average molecular weight is 240 g/mol. The SMILES string of the molecule is Cc1cnc(C(O)c2cc3ccccc3o2)nc1. The predicted molar refractivity (Wildman–Crippen MR) is 67.0 cm³/mol. The Kier molecular flexibility index (Phi) is 2.57. The van der Waals surface area contributed by atoms with Gasteiger partial charge in [-0.15, -0.1) is 0 Å². The Hall–Kier alpha value is -2.20. The van der Waals surface area contributed by atoms with Gasteiger partial charge in [0.25, 0.3) is 0 Å². The Balaban J connectivity index is 2.00. The van der Waals surface area contributed by atoms with E-state index in [1.165, 1.54) is 0 Å². The molecule has 0 bridgehead atoms. The van der Waals surface area contributed by atoms with E-state index in [0.29, 0.717) is 11.6 Å². The second-order valence-electron chi connectivity index (χ2n) is 4.21. The normalized spacial score (nSPS) is 12.8. The number of aromatic nitrogens is 2. The first kappa shape index (κ1) is 10.9. The molecule has 1 N–H and O–H groups in total. The second-order valence-corrected chi connectivity index (χ2v) is 4.21. The minimum absolute atomic E-state index is 0.347. The smallest absolute Gasteiger partial charge is 0.171 e. The lowest BCUT2D eigenvalue weighted by Crippen LogP contribution is -2.03. The van der Waals surface area contributed by atoms with Gasteiger partial charge in [-0.05, 0) is 24.6 Å². The van der Waals surface area contributed by atoms with Crippen LogP contribution in [-0.2, 0) is 0 Å². The lowest BCUT2D eigenvalue weighted by Gasteiger charge is -2.05. The summed E-state index contributed by atoms with van der Waals surface area (Å²) in [4.78, 5) is 8.21. The molecule has 3 rings (SSSR count). The maximum absolute atomic E-state index is 10.2. The zero-order valence-electron chi connectivity index (χ0n) is 9.87. The Labute approximate surface area is 104 Å². The number of hydrogen-bond acceptors (Lipinski definition) is 4. The number of para-hydroxylation sites is 1. The van der Waals surface area contributed by atoms with Gasteiger partial charge in [0.2, 0.25) is 0 Å². The van der Waals surface area contributed by atoms with Gasteiger partial charge in [-0.3, -0.25) is 0 Å². The van der Waals surface area contributed by atoms with Crippen molar-refractivity contribution in [2.24, 2.45) is 0 Å². The number of aliphatic hydroxyl groups excluding tert-OH is 1. The molecule has 2 aromatic heterocycles. The highest BCUT2D eigenvalue weighted by molar-refractivity contribution is 5.77. The quantitative estimate of drug-likeness (QED) is 0.748. The van der Waals surface area contributed by atoms with Crippen molar-refractivity contribution in [3.8, 4) is 0 Å². The molecule has 0 aliphatic carbocycles. The summed E-state index contributed by atoms with van der Waals surface area (Å²) in [5.74, 6) is 0.805. The topological polar surface area (TPSA) is 59.2 Å². The maximum atomic E-state index is 10.2. The van der Waals surface area contributed by atoms with Crippen molar-refractivity contribution in [3.63, 3.8) is 0 Å². The van der Waals surface area contributed by atoms with Crippen molar-refractivity contribution in [3.05, 3.63) is 59.9 Å². The zero-order chi connectivity index (χ0) is 12.5. The Morgan fingerprint density at radius 3 is 2.61 bits per heavy atom. The van der Waals surface area contributed by atoms with Gasteiger partial charge >= 0.3 is 0 Å². The van der Waals surface area contributed by atoms with Gasteiger partial charge in [-0.25, -0.2) is 9.97 Å². The zero-order valence-corrected chi connectivity index (χ0v) is 9.87. The molecule has 1 atom stereocenters. The molecule has 3 aromatic rings. The summed E-state index contributed by atoms with van der Waals surface area (Å²) in [5.41, 5.74) is 1.70. The molecule has 2 heterocycles. The molecule has 0 amide bonds. The van der Waals surface area contributed by atoms with Crippen LogP contribution in [0.4, 0.5) is 0 Å². The van der Waals surface area contributed by atoms with E-state index in [1.807, 2.05) is 37.3 Å². The van der Waals surface area contributed by atoms with E-state index in [4.69, 9.17) is 4.42 Å². The van der Waals surface area contributed by atoms with E-state index in [0.717, 1.165) is 16.5 Å². The molecular weight excluding hydrogens is 228 g/mol. The molecule has 1 aromatic carbocycles. The Bertz CT molecular complexity index is 641. The predicted octanol–water partition coefficient (Wildman–Crippen LogP) is 2.61. The highest BCUT2D eigenvalue weighted by Crippen LogP contribution is 2.26. The molecule has 1 unspecified atom stereocenters. The molecule has 0 saturated heterocycles. The first-order valence-corrected chi connectivity index (χ1v) is 5.69. The van der Waals surface area contributed by atoms with E-state index in [1.54, 1.807) is 12.4 Å². The van der Waals surface area contributed by atoms with Crippen LogP contribution in [0.3, 0.4) is 0 Å². The van der Waals surface area contributed by atoms with E-state index in [9.17, 15) is 5.11 Å². The Morgan fingerprint density at radius 1 is 1.17 bits per heavy atom. The summed E-state index contributed by atoms with van der Waals surface area (Å²) in [7, 11) is 0. The number of fused-ring (bicyclic) bond motifs is 1. The lowest BCUT2D eigenvalue weighted by atomic mass is 10.2. The number of aliphatic hydroxyl groups is 1. The largest absolute Gasteiger partial charge is 0.458 e. The van der Waals surface area contributed by atoms with Crippen LogP contribution in [0.15, 0.2) is 47.1 Å². The number of nitrogens with zero attached hydrogens (tertiary/aromatic N) is 2. The lowest BCUT2D eigenvalue weighted by molar-refractivity contribution is 0.182. The fourth-order valence-corrected chi connectivity index (χ4v) is 1.81. The third-order valence-electron chi connectivity index (χ3n) is 2.76. The molecule has 0 saturated carbocycles. The summed E-state index contributed by atoms with van der Waals surface area (Å²) in [6, 6.07) is 9.43. The van der Waals surface area contributed by atoms with Gasteiger partial charge < -0.3 is 9.52 Å². The monoisotopic (exact) mass is 240 g/mol. The minimum atomic E-state index is -0.932. The summed E-state index contributed by atoms with van der Waals surface area (Å²) in [5, 5.41) is 11.1. The number of furan rings is 1. The van der Waals surface area contributed by atoms with Gasteiger partial charge in [-0.1, -0.05) is 18.2 Å². The summed E-state index contributed by atoms with van der Waals surface area (Å²) in [6.45, 7) is 1.90. The van der Waals surface area contributed by atoms with Crippen molar-refractivity contribution in [2.45, 2.75) is 13.0 Å². The van der Waals surface area contributed by atoms with Crippen LogP contribution in [0.1, 0.15) is 23.3 Å². The highest BCUT2D eigenvalue weighted by Gasteiger charge is 2.17. The molecule has 4 nitrogen and oxygen atoms in total. The van der Waals surface area contributed by atoms with E-state index in [2.05, 4.69) is 9.97 Å². The fraction of sp³-hybridized carbons (Fsp3) is 0.143. The molecule has 0 fully saturated rings. The van der Waals surface area contributed by atoms with Gasteiger partial charge in [0, 0.05) is 17.8 Å². The second kappa shape index (κ2) is 4.23. The first-order valence-electron chi connectivity index (χ1n) is 5.69. The van der Waals surface area contributed by atoms with E-state index < -0.39 is 6.10 Å². The summed E-state index contributed by atoms with van der Waals surface area (Å²) in [6.07, 6.45) is 2.42. The van der Waals surface area contributed by atoms with E-state index >= 15 is 0 Å². The minimum Gasteiger partial charge on any atom is -0.458 e. The van der Waals surface area contributed by atoms with Crippen molar-refractivity contribution < 1.29 is 9.52 Å². The van der Waals surface area contributed by atoms with Crippen LogP contribution in [0.25, 0.3) is 11.0 Å². The van der Waals surface area contributed by atoms with Gasteiger partial charge in [0.05, 0.1) is 0 Å². The Morgan fingerprint density at radius 2 is 1.89 bits per heavy atom. The van der Waals surface area contributed by atoms with Crippen LogP contribution in [0, 0.1) is 6.92 Å². The van der Waals surface area contributed by atoms with Crippen LogP contribution in [0.2, 0.25) is 0 Å². The van der Waals surface area contributed by atoms with Gasteiger partial charge in [0.1, 0.15) is 11.3 Å². The molecule has 0 spiro atoms. The molecule has 0 aliphatic rings. The fourth-order valence-electron chi connectivity index (χ4n) is 1.81. The van der Waals surface area contributed by atoms with Crippen LogP contribution in [0.5, 0.6) is 0 Å². The number of rotatable bonds is 2. The summed E-state index contributed by atoms with van der Waals surface area (Å²) >= 11 is 0. The standard InChI is InChI=1S/C14H12N2O2/c1-9-7-15-14(16-8-9)13(17)12-6-10-4-2-3-5-11(10)18-12/h2-8,13,17H,1H3. The number of aryl methyl sites for hydroxylation is 1. The maximum Gasteiger partial charge on any atom is 0.171 e. The van der Waals surface area contributed by atoms with Crippen LogP contribution >= 0.6 is 0 Å². The molecular formula is C14H12N2O2. The van der Waals surface area contributed by atoms with Crippen molar-refractivity contribution in [2.75, 3.05) is 0 Å². The highest BCUT2D eigenvalue weighted by atomic mass is 16.4. The molecule has 0 radical (unpaired) electrons. The van der Waals surface area contributed by atoms with Crippen molar-refractivity contribution in [1.82, 2.24) is 9.97 Å². The van der Waals surface area contributed by atoms with E-state index in [-0.39, 0.29) is 0 Å². The molecule has 90 valence electrons. The number of hydrogen-bond donors (Lipinski definition) is 1. The van der Waals surface area contributed by atoms with Gasteiger partial charge in [0.15, 0.2) is 11.9 Å². The van der Waals surface area contributed by atoms with Crippen molar-refractivity contribution >= 4 is 11.0 Å². The summed E-state index contributed by atoms with van der Waals surface area (Å²) < 4.78 is 5.58.